The summed E-state index contributed by atoms with van der Waals surface area (Å²) in [6.07, 6.45) is 0.901. The van der Waals surface area contributed by atoms with Crippen molar-refractivity contribution in [3.05, 3.63) is 65.7 Å². The van der Waals surface area contributed by atoms with Crippen LogP contribution in [-0.2, 0) is 6.42 Å². The van der Waals surface area contributed by atoms with Gasteiger partial charge in [-0.2, -0.15) is 0 Å². The molecule has 0 N–H and O–H groups in total. The minimum absolute atomic E-state index is 0.901. The highest BCUT2D eigenvalue weighted by Gasteiger charge is 2.01. The molecule has 0 aromatic heterocycles. The van der Waals surface area contributed by atoms with Crippen molar-refractivity contribution in [2.45, 2.75) is 6.42 Å². The van der Waals surface area contributed by atoms with Gasteiger partial charge in [-0.1, -0.05) is 42.5 Å². The van der Waals surface area contributed by atoms with Gasteiger partial charge in [0.15, 0.2) is 0 Å². The normalized spacial score (nSPS) is 9.93. The van der Waals surface area contributed by atoms with Gasteiger partial charge < -0.3 is 4.74 Å². The van der Waals surface area contributed by atoms with E-state index in [1.807, 2.05) is 24.3 Å². The Kier molecular flexibility index (Phi) is 3.03. The Morgan fingerprint density at radius 1 is 1.13 bits per heavy atom. The molecule has 2 aromatic rings. The topological polar surface area (TPSA) is 9.23 Å². The van der Waals surface area contributed by atoms with Crippen molar-refractivity contribution in [3.8, 4) is 5.75 Å². The summed E-state index contributed by atoms with van der Waals surface area (Å²) in [5.41, 5.74) is 2.49. The van der Waals surface area contributed by atoms with E-state index in [9.17, 15) is 0 Å². The lowest BCUT2D eigenvalue weighted by molar-refractivity contribution is 0.410. The number of hydrogen-bond acceptors (Lipinski definition) is 1. The number of hydrogen-bond donors (Lipinski definition) is 0. The molecule has 2 aromatic carbocycles. The summed E-state index contributed by atoms with van der Waals surface area (Å²) < 4.78 is 5.29. The summed E-state index contributed by atoms with van der Waals surface area (Å²) in [7, 11) is 1.69. The molecular weight excluding hydrogens is 184 g/mol. The first-order valence-corrected chi connectivity index (χ1v) is 4.97. The van der Waals surface area contributed by atoms with E-state index in [1.165, 1.54) is 11.1 Å². The predicted molar refractivity (Wildman–Crippen MR) is 61.1 cm³/mol. The standard InChI is InChI=1S/C14H13O/c1-15-14-10-6-5-9-13(14)11-12-7-3-2-4-8-12/h2-5,7-10H,11H2,1H3. The van der Waals surface area contributed by atoms with Crippen LogP contribution in [0.4, 0.5) is 0 Å². The van der Waals surface area contributed by atoms with Crippen molar-refractivity contribution >= 4 is 0 Å². The van der Waals surface area contributed by atoms with E-state index in [-0.39, 0.29) is 0 Å². The lowest BCUT2D eigenvalue weighted by Gasteiger charge is -2.07. The monoisotopic (exact) mass is 197 g/mol. The van der Waals surface area contributed by atoms with Gasteiger partial charge in [0.05, 0.1) is 7.11 Å². The Morgan fingerprint density at radius 3 is 2.67 bits per heavy atom. The zero-order valence-electron chi connectivity index (χ0n) is 8.73. The first kappa shape index (κ1) is 9.78. The Labute approximate surface area is 90.3 Å². The average Bonchev–Trinajstić information content (AvgIpc) is 2.31. The van der Waals surface area contributed by atoms with Crippen molar-refractivity contribution in [2.24, 2.45) is 0 Å². The third-order valence-corrected chi connectivity index (χ3v) is 2.37. The van der Waals surface area contributed by atoms with Crippen molar-refractivity contribution in [1.82, 2.24) is 0 Å². The van der Waals surface area contributed by atoms with Crippen LogP contribution in [0, 0.1) is 6.07 Å². The second kappa shape index (κ2) is 4.65. The van der Waals surface area contributed by atoms with Gasteiger partial charge in [0, 0.05) is 6.42 Å². The van der Waals surface area contributed by atoms with Gasteiger partial charge in [-0.15, -0.1) is 0 Å². The molecule has 0 bridgehead atoms. The summed E-state index contributed by atoms with van der Waals surface area (Å²) in [5, 5.41) is 0. The highest BCUT2D eigenvalue weighted by molar-refractivity contribution is 5.36. The largest absolute Gasteiger partial charge is 0.496 e. The number of methoxy groups -OCH3 is 1. The quantitative estimate of drug-likeness (QED) is 0.734. The van der Waals surface area contributed by atoms with Crippen molar-refractivity contribution < 1.29 is 4.74 Å². The fourth-order valence-electron chi connectivity index (χ4n) is 1.60. The number of ether oxygens (including phenoxy) is 1. The fourth-order valence-corrected chi connectivity index (χ4v) is 1.60. The first-order valence-electron chi connectivity index (χ1n) is 4.97. The second-order valence-electron chi connectivity index (χ2n) is 3.40. The van der Waals surface area contributed by atoms with Crippen LogP contribution in [0.5, 0.6) is 5.75 Å². The molecule has 2 rings (SSSR count). The highest BCUT2D eigenvalue weighted by Crippen LogP contribution is 2.20. The third-order valence-electron chi connectivity index (χ3n) is 2.37. The maximum Gasteiger partial charge on any atom is 0.123 e. The van der Waals surface area contributed by atoms with Crippen LogP contribution in [0.15, 0.2) is 48.5 Å². The van der Waals surface area contributed by atoms with Crippen LogP contribution in [0.3, 0.4) is 0 Å². The lowest BCUT2D eigenvalue weighted by atomic mass is 10.0. The lowest BCUT2D eigenvalue weighted by Crippen LogP contribution is -1.93. The molecule has 0 saturated carbocycles. The maximum absolute atomic E-state index is 5.29. The summed E-state index contributed by atoms with van der Waals surface area (Å²) in [6, 6.07) is 19.2. The SMILES string of the molecule is COc1c[c]ccc1Cc1ccccc1. The van der Waals surface area contributed by atoms with E-state index in [4.69, 9.17) is 4.74 Å². The van der Waals surface area contributed by atoms with E-state index in [0.29, 0.717) is 0 Å². The van der Waals surface area contributed by atoms with Crippen LogP contribution < -0.4 is 4.74 Å². The van der Waals surface area contributed by atoms with Crippen LogP contribution in [0.25, 0.3) is 0 Å². The number of benzene rings is 2. The first-order chi connectivity index (χ1) is 7.40. The zero-order chi connectivity index (χ0) is 10.5. The Balaban J connectivity index is 2.24. The molecule has 0 spiro atoms. The maximum atomic E-state index is 5.29. The van der Waals surface area contributed by atoms with Crippen LogP contribution in [0.1, 0.15) is 11.1 Å². The van der Waals surface area contributed by atoms with E-state index >= 15 is 0 Å². The molecule has 0 unspecified atom stereocenters. The van der Waals surface area contributed by atoms with Gasteiger partial charge in [-0.3, -0.25) is 0 Å². The third kappa shape index (κ3) is 2.38. The molecule has 1 nitrogen and oxygen atoms in total. The molecular formula is C14H13O. The Bertz CT molecular complexity index is 420. The molecule has 0 aliphatic carbocycles. The van der Waals surface area contributed by atoms with Crippen LogP contribution in [0.2, 0.25) is 0 Å². The molecule has 0 fully saturated rings. The fraction of sp³-hybridized carbons (Fsp3) is 0.143. The van der Waals surface area contributed by atoms with Gasteiger partial charge in [0.25, 0.3) is 0 Å². The summed E-state index contributed by atoms with van der Waals surface area (Å²) in [4.78, 5) is 0. The smallest absolute Gasteiger partial charge is 0.123 e. The summed E-state index contributed by atoms with van der Waals surface area (Å²) in [5.74, 6) is 0.904. The Hall–Kier alpha value is -1.76. The molecule has 1 radical (unpaired) electrons. The molecule has 0 amide bonds. The summed E-state index contributed by atoms with van der Waals surface area (Å²) >= 11 is 0. The summed E-state index contributed by atoms with van der Waals surface area (Å²) in [6.45, 7) is 0. The van der Waals surface area contributed by atoms with E-state index in [1.54, 1.807) is 7.11 Å². The van der Waals surface area contributed by atoms with Crippen LogP contribution >= 0.6 is 0 Å². The number of rotatable bonds is 3. The van der Waals surface area contributed by atoms with Gasteiger partial charge in [0.2, 0.25) is 0 Å². The van der Waals surface area contributed by atoms with Crippen LogP contribution in [-0.4, -0.2) is 7.11 Å². The molecule has 15 heavy (non-hydrogen) atoms. The van der Waals surface area contributed by atoms with Gasteiger partial charge in [0.1, 0.15) is 5.75 Å². The minimum Gasteiger partial charge on any atom is -0.496 e. The molecule has 1 heteroatoms. The van der Waals surface area contributed by atoms with Gasteiger partial charge in [-0.25, -0.2) is 0 Å². The molecule has 0 saturated heterocycles. The van der Waals surface area contributed by atoms with Gasteiger partial charge >= 0.3 is 0 Å². The zero-order valence-corrected chi connectivity index (χ0v) is 8.73. The molecule has 0 aliphatic rings. The van der Waals surface area contributed by atoms with Crippen molar-refractivity contribution in [2.75, 3.05) is 7.11 Å². The van der Waals surface area contributed by atoms with E-state index in [2.05, 4.69) is 30.3 Å². The minimum atomic E-state index is 0.901. The Morgan fingerprint density at radius 2 is 1.93 bits per heavy atom. The van der Waals surface area contributed by atoms with Crippen molar-refractivity contribution in [3.63, 3.8) is 0 Å². The average molecular weight is 197 g/mol. The molecule has 75 valence electrons. The van der Waals surface area contributed by atoms with Crippen molar-refractivity contribution in [1.29, 1.82) is 0 Å². The molecule has 0 aliphatic heterocycles. The van der Waals surface area contributed by atoms with E-state index < -0.39 is 0 Å². The predicted octanol–water partition coefficient (Wildman–Crippen LogP) is 3.09. The molecule has 0 atom stereocenters. The highest BCUT2D eigenvalue weighted by atomic mass is 16.5. The molecule has 0 heterocycles. The van der Waals surface area contributed by atoms with E-state index in [0.717, 1.165) is 12.2 Å². The second-order valence-corrected chi connectivity index (χ2v) is 3.40. The van der Waals surface area contributed by atoms with Gasteiger partial charge in [-0.05, 0) is 23.3 Å².